The summed E-state index contributed by atoms with van der Waals surface area (Å²) in [7, 11) is 0. The molecule has 23 heavy (non-hydrogen) atoms. The van der Waals surface area contributed by atoms with Crippen LogP contribution in [0.4, 0.5) is 0 Å². The van der Waals surface area contributed by atoms with Gasteiger partial charge in [-0.3, -0.25) is 4.79 Å². The maximum atomic E-state index is 12.6. The van der Waals surface area contributed by atoms with Crippen LogP contribution in [0, 0.1) is 0 Å². The van der Waals surface area contributed by atoms with E-state index >= 15 is 0 Å². The second-order valence-electron chi connectivity index (χ2n) is 5.27. The van der Waals surface area contributed by atoms with E-state index in [1.165, 1.54) is 0 Å². The standard InChI is InChI=1S/C16H19N5O2/c1-3-7-15-17-14(19-23-15)11-20(4-2)16(22)13-10-12-8-5-6-9-21(12)18-13/h5-6,8-10H,3-4,7,11H2,1-2H3. The Morgan fingerprint density at radius 3 is 2.96 bits per heavy atom. The predicted molar refractivity (Wildman–Crippen MR) is 83.9 cm³/mol. The summed E-state index contributed by atoms with van der Waals surface area (Å²) < 4.78 is 6.85. The van der Waals surface area contributed by atoms with Crippen LogP contribution in [-0.2, 0) is 13.0 Å². The molecule has 0 unspecified atom stereocenters. The lowest BCUT2D eigenvalue weighted by molar-refractivity contribution is 0.0741. The molecular formula is C16H19N5O2. The number of carbonyl (C=O) groups is 1. The number of pyridine rings is 1. The Bertz CT molecular complexity index is 775. The molecule has 0 spiro atoms. The Morgan fingerprint density at radius 1 is 1.35 bits per heavy atom. The Balaban J connectivity index is 1.77. The summed E-state index contributed by atoms with van der Waals surface area (Å²) in [5.41, 5.74) is 1.30. The number of rotatable bonds is 6. The fraction of sp³-hybridized carbons (Fsp3) is 0.375. The van der Waals surface area contributed by atoms with E-state index in [4.69, 9.17) is 4.52 Å². The minimum Gasteiger partial charge on any atom is -0.339 e. The fourth-order valence-electron chi connectivity index (χ4n) is 2.37. The number of aromatic nitrogens is 4. The quantitative estimate of drug-likeness (QED) is 0.698. The summed E-state index contributed by atoms with van der Waals surface area (Å²) in [6, 6.07) is 7.48. The van der Waals surface area contributed by atoms with Gasteiger partial charge in [-0.15, -0.1) is 0 Å². The zero-order valence-corrected chi connectivity index (χ0v) is 13.3. The molecule has 7 nitrogen and oxygen atoms in total. The van der Waals surface area contributed by atoms with Gasteiger partial charge < -0.3 is 9.42 Å². The van der Waals surface area contributed by atoms with Crippen LogP contribution < -0.4 is 0 Å². The summed E-state index contributed by atoms with van der Waals surface area (Å²) >= 11 is 0. The fourth-order valence-corrected chi connectivity index (χ4v) is 2.37. The van der Waals surface area contributed by atoms with Gasteiger partial charge >= 0.3 is 0 Å². The van der Waals surface area contributed by atoms with E-state index in [1.807, 2.05) is 31.3 Å². The molecule has 0 aliphatic rings. The third-order valence-electron chi connectivity index (χ3n) is 3.56. The van der Waals surface area contributed by atoms with Gasteiger partial charge in [0, 0.05) is 19.2 Å². The SMILES string of the molecule is CCCc1nc(CN(CC)C(=O)c2cc3ccccn3n2)no1. The van der Waals surface area contributed by atoms with Crippen molar-refractivity contribution < 1.29 is 9.32 Å². The highest BCUT2D eigenvalue weighted by Gasteiger charge is 2.20. The molecule has 3 aromatic heterocycles. The molecule has 0 aromatic carbocycles. The predicted octanol–water partition coefficient (Wildman–Crippen LogP) is 2.33. The third-order valence-corrected chi connectivity index (χ3v) is 3.56. The molecule has 3 rings (SSSR count). The molecule has 0 aliphatic heterocycles. The summed E-state index contributed by atoms with van der Waals surface area (Å²) in [6.45, 7) is 4.83. The lowest BCUT2D eigenvalue weighted by Crippen LogP contribution is -2.31. The second kappa shape index (κ2) is 6.60. The van der Waals surface area contributed by atoms with Crippen LogP contribution in [-0.4, -0.2) is 37.1 Å². The Labute approximate surface area is 133 Å². The molecule has 120 valence electrons. The number of aryl methyl sites for hydroxylation is 1. The zero-order chi connectivity index (χ0) is 16.2. The van der Waals surface area contributed by atoms with Crippen LogP contribution in [0.5, 0.6) is 0 Å². The smallest absolute Gasteiger partial charge is 0.274 e. The van der Waals surface area contributed by atoms with Gasteiger partial charge in [-0.25, -0.2) is 4.52 Å². The molecule has 0 fully saturated rings. The number of hydrogen-bond donors (Lipinski definition) is 0. The Kier molecular flexibility index (Phi) is 4.36. The van der Waals surface area contributed by atoms with Crippen molar-refractivity contribution in [3.8, 4) is 0 Å². The minimum absolute atomic E-state index is 0.141. The molecule has 0 aliphatic carbocycles. The van der Waals surface area contributed by atoms with Crippen molar-refractivity contribution in [3.05, 3.63) is 47.9 Å². The minimum atomic E-state index is -0.141. The van der Waals surface area contributed by atoms with Crippen LogP contribution in [0.3, 0.4) is 0 Å². The van der Waals surface area contributed by atoms with Gasteiger partial charge in [-0.2, -0.15) is 10.1 Å². The highest BCUT2D eigenvalue weighted by molar-refractivity contribution is 5.93. The monoisotopic (exact) mass is 313 g/mol. The first kappa shape index (κ1) is 15.2. The van der Waals surface area contributed by atoms with Crippen molar-refractivity contribution in [2.24, 2.45) is 0 Å². The van der Waals surface area contributed by atoms with Crippen molar-refractivity contribution in [1.29, 1.82) is 0 Å². The van der Waals surface area contributed by atoms with Crippen molar-refractivity contribution >= 4 is 11.4 Å². The molecular weight excluding hydrogens is 294 g/mol. The van der Waals surface area contributed by atoms with Gasteiger partial charge in [-0.05, 0) is 31.5 Å². The van der Waals surface area contributed by atoms with Gasteiger partial charge in [0.05, 0.1) is 12.1 Å². The van der Waals surface area contributed by atoms with Crippen molar-refractivity contribution in [3.63, 3.8) is 0 Å². The first-order valence-electron chi connectivity index (χ1n) is 7.76. The molecule has 0 saturated heterocycles. The average Bonchev–Trinajstić information content (AvgIpc) is 3.18. The number of fused-ring (bicyclic) bond motifs is 1. The van der Waals surface area contributed by atoms with Gasteiger partial charge in [0.25, 0.3) is 5.91 Å². The van der Waals surface area contributed by atoms with E-state index < -0.39 is 0 Å². The third kappa shape index (κ3) is 3.23. The van der Waals surface area contributed by atoms with Crippen LogP contribution in [0.1, 0.15) is 42.5 Å². The normalized spacial score (nSPS) is 11.0. The van der Waals surface area contributed by atoms with E-state index in [1.54, 1.807) is 15.5 Å². The summed E-state index contributed by atoms with van der Waals surface area (Å²) in [5, 5.41) is 8.25. The van der Waals surface area contributed by atoms with Crippen LogP contribution in [0.15, 0.2) is 35.0 Å². The van der Waals surface area contributed by atoms with Gasteiger partial charge in [0.15, 0.2) is 11.5 Å². The number of carbonyl (C=O) groups excluding carboxylic acids is 1. The summed E-state index contributed by atoms with van der Waals surface area (Å²) in [6.07, 6.45) is 3.51. The van der Waals surface area contributed by atoms with E-state index in [9.17, 15) is 4.79 Å². The van der Waals surface area contributed by atoms with Crippen LogP contribution >= 0.6 is 0 Å². The zero-order valence-electron chi connectivity index (χ0n) is 13.3. The van der Waals surface area contributed by atoms with Crippen LogP contribution in [0.2, 0.25) is 0 Å². The number of amides is 1. The molecule has 0 saturated carbocycles. The Morgan fingerprint density at radius 2 is 2.22 bits per heavy atom. The molecule has 0 bridgehead atoms. The van der Waals surface area contributed by atoms with Crippen LogP contribution in [0.25, 0.3) is 5.52 Å². The maximum absolute atomic E-state index is 12.6. The molecule has 0 N–H and O–H groups in total. The van der Waals surface area contributed by atoms with E-state index in [0.29, 0.717) is 30.5 Å². The lowest BCUT2D eigenvalue weighted by Gasteiger charge is -2.17. The number of nitrogens with zero attached hydrogens (tertiary/aromatic N) is 5. The topological polar surface area (TPSA) is 76.5 Å². The van der Waals surface area contributed by atoms with Crippen molar-refractivity contribution in [1.82, 2.24) is 24.7 Å². The molecule has 3 heterocycles. The molecule has 1 amide bonds. The average molecular weight is 313 g/mol. The highest BCUT2D eigenvalue weighted by Crippen LogP contribution is 2.11. The highest BCUT2D eigenvalue weighted by atomic mass is 16.5. The first-order chi connectivity index (χ1) is 11.2. The van der Waals surface area contributed by atoms with E-state index in [2.05, 4.69) is 22.2 Å². The van der Waals surface area contributed by atoms with E-state index in [0.717, 1.165) is 18.4 Å². The largest absolute Gasteiger partial charge is 0.339 e. The maximum Gasteiger partial charge on any atom is 0.274 e. The summed E-state index contributed by atoms with van der Waals surface area (Å²) in [4.78, 5) is 18.6. The molecule has 0 radical (unpaired) electrons. The molecule has 0 atom stereocenters. The lowest BCUT2D eigenvalue weighted by atomic mass is 10.3. The molecule has 3 aromatic rings. The van der Waals surface area contributed by atoms with Gasteiger partial charge in [0.2, 0.25) is 5.89 Å². The van der Waals surface area contributed by atoms with Crippen molar-refractivity contribution in [2.45, 2.75) is 33.2 Å². The Hall–Kier alpha value is -2.70. The van der Waals surface area contributed by atoms with E-state index in [-0.39, 0.29) is 5.91 Å². The van der Waals surface area contributed by atoms with Gasteiger partial charge in [0.1, 0.15) is 0 Å². The second-order valence-corrected chi connectivity index (χ2v) is 5.27. The summed E-state index contributed by atoms with van der Waals surface area (Å²) in [5.74, 6) is 0.990. The molecule has 7 heteroatoms. The number of hydrogen-bond acceptors (Lipinski definition) is 5. The van der Waals surface area contributed by atoms with Gasteiger partial charge in [-0.1, -0.05) is 18.1 Å². The van der Waals surface area contributed by atoms with Crippen molar-refractivity contribution in [2.75, 3.05) is 6.54 Å². The first-order valence-corrected chi connectivity index (χ1v) is 7.76.